The van der Waals surface area contributed by atoms with E-state index in [2.05, 4.69) is 12.7 Å². The molecule has 0 bridgehead atoms. The fourth-order valence-corrected chi connectivity index (χ4v) is 3.27. The van der Waals surface area contributed by atoms with Crippen molar-refractivity contribution in [3.63, 3.8) is 0 Å². The monoisotopic (exact) mass is 303 g/mol. The fraction of sp³-hybridized carbons (Fsp3) is 0.579. The van der Waals surface area contributed by atoms with Gasteiger partial charge >= 0.3 is 5.97 Å². The Morgan fingerprint density at radius 1 is 1.50 bits per heavy atom. The van der Waals surface area contributed by atoms with Crippen LogP contribution in [-0.4, -0.2) is 17.8 Å². The largest absolute Gasteiger partial charge is 0.457 e. The minimum absolute atomic E-state index is 0.0891. The lowest BCUT2D eigenvalue weighted by Crippen LogP contribution is -2.20. The molecule has 3 nitrogen and oxygen atoms in total. The van der Waals surface area contributed by atoms with Crippen molar-refractivity contribution in [2.24, 2.45) is 17.3 Å². The molecule has 0 saturated heterocycles. The van der Waals surface area contributed by atoms with Gasteiger partial charge in [0.05, 0.1) is 13.7 Å². The third-order valence-corrected chi connectivity index (χ3v) is 4.78. The van der Waals surface area contributed by atoms with Crippen LogP contribution in [0.4, 0.5) is 0 Å². The molecule has 3 atom stereocenters. The van der Waals surface area contributed by atoms with Gasteiger partial charge in [-0.1, -0.05) is 31.6 Å². The highest BCUT2D eigenvalue weighted by Gasteiger charge is 2.61. The van der Waals surface area contributed by atoms with Gasteiger partial charge in [0.15, 0.2) is 5.78 Å². The number of esters is 1. The molecule has 0 aromatic heterocycles. The summed E-state index contributed by atoms with van der Waals surface area (Å²) in [6, 6.07) is 0. The molecule has 0 aromatic carbocycles. The molecule has 2 aliphatic rings. The number of hydrogen-bond donors (Lipinski definition) is 0. The van der Waals surface area contributed by atoms with Gasteiger partial charge in [0.2, 0.25) is 0 Å². The van der Waals surface area contributed by atoms with Crippen LogP contribution in [0.2, 0.25) is 0 Å². The van der Waals surface area contributed by atoms with E-state index in [4.69, 9.17) is 6.11 Å². The van der Waals surface area contributed by atoms with Crippen LogP contribution in [0, 0.1) is 17.3 Å². The van der Waals surface area contributed by atoms with Crippen LogP contribution in [0.1, 0.15) is 48.8 Å². The lowest BCUT2D eigenvalue weighted by Gasteiger charge is -2.13. The standard InChI is InChI=1S/C19H26O3/c1-7-8-13-12(4)16(10-15(13)20)22-18(21)17-14(9-11(2)3)19(17,5)6/h7,9,14,16-17H,1,8,10H2,2-6H3/i16D. The first-order valence-corrected chi connectivity index (χ1v) is 7.77. The number of hydrogen-bond acceptors (Lipinski definition) is 3. The van der Waals surface area contributed by atoms with Gasteiger partial charge in [0, 0.05) is 5.57 Å². The average Bonchev–Trinajstić information content (AvgIpc) is 2.87. The second kappa shape index (κ2) is 5.86. The highest BCUT2D eigenvalue weighted by Crippen LogP contribution is 2.60. The summed E-state index contributed by atoms with van der Waals surface area (Å²) in [6.45, 7) is 13.4. The second-order valence-corrected chi connectivity index (χ2v) is 7.11. The minimum Gasteiger partial charge on any atom is -0.457 e. The molecule has 0 amide bonds. The van der Waals surface area contributed by atoms with E-state index in [1.54, 1.807) is 13.0 Å². The van der Waals surface area contributed by atoms with Gasteiger partial charge in [-0.25, -0.2) is 0 Å². The van der Waals surface area contributed by atoms with Crippen LogP contribution in [0.15, 0.2) is 35.5 Å². The van der Waals surface area contributed by atoms with E-state index in [0.29, 0.717) is 17.6 Å². The molecule has 1 fully saturated rings. The van der Waals surface area contributed by atoms with Crippen LogP contribution in [-0.2, 0) is 14.3 Å². The molecule has 1 saturated carbocycles. The van der Waals surface area contributed by atoms with Crippen LogP contribution < -0.4 is 0 Å². The predicted octanol–water partition coefficient (Wildman–Crippen LogP) is 4.00. The number of ketones is 1. The van der Waals surface area contributed by atoms with E-state index in [0.717, 1.165) is 0 Å². The molecule has 3 unspecified atom stereocenters. The molecule has 120 valence electrons. The van der Waals surface area contributed by atoms with E-state index in [1.807, 2.05) is 27.7 Å². The van der Waals surface area contributed by atoms with Crippen molar-refractivity contribution in [3.05, 3.63) is 35.5 Å². The summed E-state index contributed by atoms with van der Waals surface area (Å²) >= 11 is 0. The smallest absolute Gasteiger partial charge is 0.310 e. The van der Waals surface area contributed by atoms with E-state index in [1.165, 1.54) is 5.57 Å². The molecular formula is C19H26O3. The maximum Gasteiger partial charge on any atom is 0.310 e. The molecule has 0 spiro atoms. The summed E-state index contributed by atoms with van der Waals surface area (Å²) in [5, 5.41) is 0. The molecular weight excluding hydrogens is 276 g/mol. The molecule has 0 aliphatic heterocycles. The quantitative estimate of drug-likeness (QED) is 0.569. The summed E-state index contributed by atoms with van der Waals surface area (Å²) in [6.07, 6.45) is 2.50. The Labute approximate surface area is 134 Å². The first-order valence-electron chi connectivity index (χ1n) is 8.27. The number of carbonyl (C=O) groups is 2. The lowest BCUT2D eigenvalue weighted by molar-refractivity contribution is -0.150. The zero-order valence-corrected chi connectivity index (χ0v) is 14.2. The van der Waals surface area contributed by atoms with Crippen molar-refractivity contribution < 1.29 is 15.7 Å². The summed E-state index contributed by atoms with van der Waals surface area (Å²) in [5.41, 5.74) is 2.10. The maximum absolute atomic E-state index is 12.6. The van der Waals surface area contributed by atoms with Crippen LogP contribution in [0.5, 0.6) is 0 Å². The molecule has 2 aliphatic carbocycles. The van der Waals surface area contributed by atoms with Crippen LogP contribution in [0.25, 0.3) is 0 Å². The Morgan fingerprint density at radius 2 is 2.14 bits per heavy atom. The van der Waals surface area contributed by atoms with Gasteiger partial charge in [-0.15, -0.1) is 6.58 Å². The Kier molecular flexibility index (Phi) is 4.07. The van der Waals surface area contributed by atoms with E-state index < -0.39 is 6.08 Å². The number of rotatable bonds is 5. The normalized spacial score (nSPS) is 33.3. The molecule has 0 N–H and O–H groups in total. The van der Waals surface area contributed by atoms with Crippen molar-refractivity contribution in [1.29, 1.82) is 0 Å². The maximum atomic E-state index is 12.6. The lowest BCUT2D eigenvalue weighted by atomic mass is 10.1. The fourth-order valence-electron chi connectivity index (χ4n) is 3.27. The Morgan fingerprint density at radius 3 is 2.68 bits per heavy atom. The van der Waals surface area contributed by atoms with Crippen molar-refractivity contribution in [2.45, 2.75) is 53.5 Å². The molecule has 0 aromatic rings. The van der Waals surface area contributed by atoms with Crippen LogP contribution >= 0.6 is 0 Å². The topological polar surface area (TPSA) is 43.4 Å². The highest BCUT2D eigenvalue weighted by atomic mass is 16.5. The molecule has 2 rings (SSSR count). The van der Waals surface area contributed by atoms with Gasteiger partial charge in [0.1, 0.15) is 6.08 Å². The molecule has 0 heterocycles. The SMILES string of the molecule is [2H]C1(OC(=O)C2C(C=C(C)C)C2(C)C)CC(=O)C(CC=C)=C1C. The number of allylic oxidation sites excluding steroid dienone is 4. The number of Topliss-reactive ketones (excluding diaryl/α,β-unsaturated/α-hetero) is 1. The van der Waals surface area contributed by atoms with Gasteiger partial charge in [-0.3, -0.25) is 9.59 Å². The summed E-state index contributed by atoms with van der Waals surface area (Å²) in [5.74, 6) is -0.607. The van der Waals surface area contributed by atoms with Crippen molar-refractivity contribution in [1.82, 2.24) is 0 Å². The predicted molar refractivity (Wildman–Crippen MR) is 87.2 cm³/mol. The average molecular weight is 303 g/mol. The van der Waals surface area contributed by atoms with Gasteiger partial charge < -0.3 is 4.74 Å². The first kappa shape index (κ1) is 15.3. The zero-order valence-electron chi connectivity index (χ0n) is 15.2. The third-order valence-electron chi connectivity index (χ3n) is 4.78. The van der Waals surface area contributed by atoms with Gasteiger partial charge in [-0.05, 0) is 44.1 Å². The van der Waals surface area contributed by atoms with Crippen molar-refractivity contribution >= 4 is 11.8 Å². The summed E-state index contributed by atoms with van der Waals surface area (Å²) in [4.78, 5) is 24.6. The van der Waals surface area contributed by atoms with Gasteiger partial charge in [0.25, 0.3) is 0 Å². The second-order valence-electron chi connectivity index (χ2n) is 7.11. The van der Waals surface area contributed by atoms with E-state index in [9.17, 15) is 9.59 Å². The Bertz CT molecular complexity index is 623. The Hall–Kier alpha value is -1.64. The third kappa shape index (κ3) is 2.94. The highest BCUT2D eigenvalue weighted by molar-refractivity contribution is 6.00. The molecule has 3 heteroatoms. The van der Waals surface area contributed by atoms with Crippen LogP contribution in [0.3, 0.4) is 0 Å². The molecule has 0 radical (unpaired) electrons. The van der Waals surface area contributed by atoms with Crippen molar-refractivity contribution in [2.75, 3.05) is 0 Å². The minimum atomic E-state index is -1.55. The van der Waals surface area contributed by atoms with E-state index >= 15 is 0 Å². The van der Waals surface area contributed by atoms with Crippen molar-refractivity contribution in [3.8, 4) is 0 Å². The van der Waals surface area contributed by atoms with E-state index in [-0.39, 0.29) is 35.4 Å². The first-order chi connectivity index (χ1) is 10.5. The molecule has 22 heavy (non-hydrogen) atoms. The summed E-state index contributed by atoms with van der Waals surface area (Å²) < 4.78 is 14.0. The van der Waals surface area contributed by atoms with Gasteiger partial charge in [-0.2, -0.15) is 0 Å². The zero-order chi connectivity index (χ0) is 17.6. The Balaban J connectivity index is 2.17. The number of ether oxygens (including phenoxy) is 1. The number of carbonyl (C=O) groups excluding carboxylic acids is 2. The summed E-state index contributed by atoms with van der Waals surface area (Å²) in [7, 11) is 0.